The number of hydrogen-bond donors (Lipinski definition) is 1. The minimum Gasteiger partial charge on any atom is -0.321 e. The number of amides is 2. The molecule has 1 fully saturated rings. The molecule has 1 aliphatic rings. The first kappa shape index (κ1) is 17.8. The van der Waals surface area contributed by atoms with Gasteiger partial charge in [-0.05, 0) is 49.2 Å². The molecule has 0 bridgehead atoms. The van der Waals surface area contributed by atoms with Crippen LogP contribution in [0.1, 0.15) is 11.1 Å². The second kappa shape index (κ2) is 7.46. The predicted molar refractivity (Wildman–Crippen MR) is 104 cm³/mol. The van der Waals surface area contributed by atoms with E-state index in [1.807, 2.05) is 44.2 Å². The van der Waals surface area contributed by atoms with Crippen molar-refractivity contribution in [1.29, 1.82) is 5.26 Å². The van der Waals surface area contributed by atoms with Crippen LogP contribution in [-0.2, 0) is 9.59 Å². The summed E-state index contributed by atoms with van der Waals surface area (Å²) in [5.74, 6) is -0.468. The van der Waals surface area contributed by atoms with Crippen LogP contribution in [0.3, 0.4) is 0 Å². The van der Waals surface area contributed by atoms with Gasteiger partial charge in [-0.1, -0.05) is 36.0 Å². The van der Waals surface area contributed by atoms with Gasteiger partial charge in [0.1, 0.15) is 16.7 Å². The second-order valence-corrected chi connectivity index (χ2v) is 6.86. The largest absolute Gasteiger partial charge is 0.321 e. The number of thioether (sulfide) groups is 1. The summed E-state index contributed by atoms with van der Waals surface area (Å²) in [6.07, 6.45) is 0. The molecule has 6 heteroatoms. The predicted octanol–water partition coefficient (Wildman–Crippen LogP) is 3.76. The topological polar surface area (TPSA) is 73.2 Å². The minimum atomic E-state index is -0.523. The Bertz CT molecular complexity index is 945. The third-order valence-electron chi connectivity index (χ3n) is 4.12. The molecule has 2 aromatic rings. The van der Waals surface area contributed by atoms with Gasteiger partial charge in [-0.15, -0.1) is 0 Å². The number of carbonyl (C=O) groups is 2. The number of nitrogens with zero attached hydrogens (tertiary/aromatic N) is 2. The highest BCUT2D eigenvalue weighted by Gasteiger charge is 2.33. The van der Waals surface area contributed by atoms with Gasteiger partial charge in [0.25, 0.3) is 5.91 Å². The van der Waals surface area contributed by atoms with Crippen molar-refractivity contribution in [2.75, 3.05) is 16.0 Å². The van der Waals surface area contributed by atoms with Crippen LogP contribution in [0.15, 0.2) is 59.1 Å². The maximum atomic E-state index is 12.6. The Labute approximate surface area is 156 Å². The Morgan fingerprint density at radius 2 is 1.88 bits per heavy atom. The standard InChI is InChI=1S/C20H17N3O2S/c1-13-8-9-16(10-14(13)2)23-18(24)12-26-20(23)17(11-21)19(25)22-15-6-4-3-5-7-15/h3-10H,12H2,1-2H3,(H,22,25)/b20-17-. The van der Waals surface area contributed by atoms with Gasteiger partial charge in [0.15, 0.2) is 0 Å². The third kappa shape index (κ3) is 3.48. The molecule has 0 aliphatic carbocycles. The fourth-order valence-electron chi connectivity index (χ4n) is 2.59. The summed E-state index contributed by atoms with van der Waals surface area (Å²) in [7, 11) is 0. The first-order valence-corrected chi connectivity index (χ1v) is 9.03. The Hall–Kier alpha value is -3.04. The zero-order chi connectivity index (χ0) is 18.7. The highest BCUT2D eigenvalue weighted by molar-refractivity contribution is 8.04. The van der Waals surface area contributed by atoms with Crippen LogP contribution in [-0.4, -0.2) is 17.6 Å². The van der Waals surface area contributed by atoms with E-state index in [1.165, 1.54) is 16.7 Å². The summed E-state index contributed by atoms with van der Waals surface area (Å²) in [5, 5.41) is 12.6. The molecule has 1 heterocycles. The van der Waals surface area contributed by atoms with Crippen molar-refractivity contribution in [3.8, 4) is 6.07 Å². The average Bonchev–Trinajstić information content (AvgIpc) is 3.00. The van der Waals surface area contributed by atoms with Crippen LogP contribution in [0.2, 0.25) is 0 Å². The summed E-state index contributed by atoms with van der Waals surface area (Å²) in [5.41, 5.74) is 3.35. The third-order valence-corrected chi connectivity index (χ3v) is 5.17. The van der Waals surface area contributed by atoms with Crippen LogP contribution in [0.5, 0.6) is 0 Å². The van der Waals surface area contributed by atoms with Crippen molar-refractivity contribution >= 4 is 35.0 Å². The van der Waals surface area contributed by atoms with Gasteiger partial charge in [-0.25, -0.2) is 0 Å². The maximum Gasteiger partial charge on any atom is 0.269 e. The van der Waals surface area contributed by atoms with Gasteiger partial charge in [-0.3, -0.25) is 14.5 Å². The molecule has 2 aromatic carbocycles. The number of rotatable bonds is 3. The Kier molecular flexibility index (Phi) is 5.10. The number of anilines is 2. The SMILES string of the molecule is Cc1ccc(N2C(=O)CS/C2=C(/C#N)C(=O)Nc2ccccc2)cc1C. The summed E-state index contributed by atoms with van der Waals surface area (Å²) >= 11 is 1.21. The molecule has 2 amide bonds. The molecular formula is C20H17N3O2S. The summed E-state index contributed by atoms with van der Waals surface area (Å²) in [6.45, 7) is 3.95. The van der Waals surface area contributed by atoms with E-state index >= 15 is 0 Å². The molecule has 5 nitrogen and oxygen atoms in total. The lowest BCUT2D eigenvalue weighted by molar-refractivity contribution is -0.115. The maximum absolute atomic E-state index is 12.6. The summed E-state index contributed by atoms with van der Waals surface area (Å²) < 4.78 is 0. The molecule has 0 aromatic heterocycles. The van der Waals surface area contributed by atoms with E-state index < -0.39 is 5.91 Å². The van der Waals surface area contributed by atoms with E-state index in [0.29, 0.717) is 16.4 Å². The molecular weight excluding hydrogens is 346 g/mol. The molecule has 3 rings (SSSR count). The van der Waals surface area contributed by atoms with Crippen molar-refractivity contribution in [3.05, 3.63) is 70.3 Å². The van der Waals surface area contributed by atoms with E-state index in [1.54, 1.807) is 24.3 Å². The molecule has 1 aliphatic heterocycles. The lowest BCUT2D eigenvalue weighted by Gasteiger charge is -2.19. The smallest absolute Gasteiger partial charge is 0.269 e. The molecule has 130 valence electrons. The van der Waals surface area contributed by atoms with Gasteiger partial charge in [0.05, 0.1) is 5.75 Å². The lowest BCUT2D eigenvalue weighted by Crippen LogP contribution is -2.27. The van der Waals surface area contributed by atoms with Crippen molar-refractivity contribution in [3.63, 3.8) is 0 Å². The summed E-state index contributed by atoms with van der Waals surface area (Å²) in [4.78, 5) is 26.5. The van der Waals surface area contributed by atoms with E-state index in [4.69, 9.17) is 0 Å². The van der Waals surface area contributed by atoms with Crippen molar-refractivity contribution in [2.45, 2.75) is 13.8 Å². The van der Waals surface area contributed by atoms with Crippen molar-refractivity contribution < 1.29 is 9.59 Å². The van der Waals surface area contributed by atoms with Crippen LogP contribution in [0, 0.1) is 25.2 Å². The number of aryl methyl sites for hydroxylation is 2. The molecule has 26 heavy (non-hydrogen) atoms. The molecule has 0 saturated carbocycles. The van der Waals surface area contributed by atoms with Crippen LogP contribution >= 0.6 is 11.8 Å². The first-order valence-electron chi connectivity index (χ1n) is 8.05. The zero-order valence-electron chi connectivity index (χ0n) is 14.4. The van der Waals surface area contributed by atoms with Crippen molar-refractivity contribution in [2.24, 2.45) is 0 Å². The van der Waals surface area contributed by atoms with Gasteiger partial charge < -0.3 is 5.32 Å². The van der Waals surface area contributed by atoms with Gasteiger partial charge in [0.2, 0.25) is 5.91 Å². The van der Waals surface area contributed by atoms with Crippen molar-refractivity contribution in [1.82, 2.24) is 0 Å². The molecule has 0 atom stereocenters. The second-order valence-electron chi connectivity index (χ2n) is 5.90. The highest BCUT2D eigenvalue weighted by atomic mass is 32.2. The van der Waals surface area contributed by atoms with E-state index in [0.717, 1.165) is 11.1 Å². The van der Waals surface area contributed by atoms with Gasteiger partial charge >= 0.3 is 0 Å². The van der Waals surface area contributed by atoms with E-state index in [9.17, 15) is 14.9 Å². The Balaban J connectivity index is 1.99. The molecule has 0 unspecified atom stereocenters. The van der Waals surface area contributed by atoms with Gasteiger partial charge in [-0.2, -0.15) is 5.26 Å². The van der Waals surface area contributed by atoms with E-state index in [2.05, 4.69) is 5.32 Å². The quantitative estimate of drug-likeness (QED) is 0.666. The average molecular weight is 363 g/mol. The zero-order valence-corrected chi connectivity index (χ0v) is 15.3. The molecule has 1 N–H and O–H groups in total. The van der Waals surface area contributed by atoms with Crippen LogP contribution < -0.4 is 10.2 Å². The van der Waals surface area contributed by atoms with Gasteiger partial charge in [0, 0.05) is 11.4 Å². The lowest BCUT2D eigenvalue weighted by atomic mass is 10.1. The number of hydrogen-bond acceptors (Lipinski definition) is 4. The Morgan fingerprint density at radius 3 is 2.54 bits per heavy atom. The molecule has 0 radical (unpaired) electrons. The minimum absolute atomic E-state index is 0.0667. The fraction of sp³-hybridized carbons (Fsp3) is 0.150. The number of nitriles is 1. The van der Waals surface area contributed by atoms with E-state index in [-0.39, 0.29) is 17.2 Å². The molecule has 1 saturated heterocycles. The molecule has 0 spiro atoms. The number of para-hydroxylation sites is 1. The number of nitrogens with one attached hydrogen (secondary N) is 1. The van der Waals surface area contributed by atoms with Crippen LogP contribution in [0.4, 0.5) is 11.4 Å². The Morgan fingerprint density at radius 1 is 1.15 bits per heavy atom. The number of benzene rings is 2. The highest BCUT2D eigenvalue weighted by Crippen LogP contribution is 2.36. The monoisotopic (exact) mass is 363 g/mol. The normalized spacial score (nSPS) is 15.6. The summed E-state index contributed by atoms with van der Waals surface area (Å²) in [6, 6.07) is 16.5. The fourth-order valence-corrected chi connectivity index (χ4v) is 3.60. The number of carbonyl (C=O) groups excluding carboxylic acids is 2. The van der Waals surface area contributed by atoms with Crippen LogP contribution in [0.25, 0.3) is 0 Å². The first-order chi connectivity index (χ1) is 12.5.